The molecule has 0 radical (unpaired) electrons. The number of likely N-dealkylation sites (N-methyl/N-ethyl adjacent to an activating group) is 1. The Morgan fingerprint density at radius 2 is 2.08 bits per heavy atom. The molecule has 2 aromatic rings. The quantitative estimate of drug-likeness (QED) is 0.894. The summed E-state index contributed by atoms with van der Waals surface area (Å²) < 4.78 is 16.9. The number of benzene rings is 2. The van der Waals surface area contributed by atoms with Gasteiger partial charge in [-0.25, -0.2) is 0 Å². The van der Waals surface area contributed by atoms with E-state index >= 15 is 0 Å². The standard InChI is InChI=1S/C21H25NO4/c1-22-9-8-15-11-18-20(26-13-25-18)21(24-2)19(15)17(22)12-16(23)10-14-6-4-3-5-7-14/h3-7,11,16-17,23H,8-10,12-13H2,1-2H3/t16-,17+/m0/s1. The summed E-state index contributed by atoms with van der Waals surface area (Å²) >= 11 is 0. The van der Waals surface area contributed by atoms with Crippen LogP contribution in [-0.2, 0) is 12.8 Å². The van der Waals surface area contributed by atoms with Gasteiger partial charge in [0.25, 0.3) is 0 Å². The summed E-state index contributed by atoms with van der Waals surface area (Å²) in [5.74, 6) is 2.19. The molecule has 2 aliphatic rings. The first-order chi connectivity index (χ1) is 12.7. The highest BCUT2D eigenvalue weighted by atomic mass is 16.7. The SMILES string of the molecule is COc1c2c(cc3c1[C@@H](C[C@@H](O)Cc1ccccc1)N(C)CC3)OCO2. The van der Waals surface area contributed by atoms with Crippen molar-refractivity contribution >= 4 is 0 Å². The van der Waals surface area contributed by atoms with Crippen LogP contribution in [0.3, 0.4) is 0 Å². The predicted molar refractivity (Wildman–Crippen MR) is 99.0 cm³/mol. The van der Waals surface area contributed by atoms with E-state index < -0.39 is 6.10 Å². The molecule has 2 heterocycles. The van der Waals surface area contributed by atoms with Gasteiger partial charge >= 0.3 is 0 Å². The molecule has 0 unspecified atom stereocenters. The van der Waals surface area contributed by atoms with Gasteiger partial charge in [-0.2, -0.15) is 0 Å². The molecule has 2 atom stereocenters. The Labute approximate surface area is 154 Å². The molecule has 0 saturated carbocycles. The summed E-state index contributed by atoms with van der Waals surface area (Å²) in [4.78, 5) is 2.29. The summed E-state index contributed by atoms with van der Waals surface area (Å²) in [6, 6.07) is 12.3. The van der Waals surface area contributed by atoms with Crippen LogP contribution in [-0.4, -0.2) is 43.6 Å². The third-order valence-corrected chi connectivity index (χ3v) is 5.36. The zero-order valence-corrected chi connectivity index (χ0v) is 15.3. The molecular weight excluding hydrogens is 330 g/mol. The van der Waals surface area contributed by atoms with E-state index in [4.69, 9.17) is 14.2 Å². The minimum Gasteiger partial charge on any atom is -0.492 e. The minimum absolute atomic E-state index is 0.0851. The van der Waals surface area contributed by atoms with E-state index in [1.165, 1.54) is 5.56 Å². The Hall–Kier alpha value is -2.24. The third-order valence-electron chi connectivity index (χ3n) is 5.36. The molecule has 0 amide bonds. The summed E-state index contributed by atoms with van der Waals surface area (Å²) in [5.41, 5.74) is 3.50. The maximum atomic E-state index is 10.7. The Balaban J connectivity index is 1.63. The fraction of sp³-hybridized carbons (Fsp3) is 0.429. The van der Waals surface area contributed by atoms with Crippen molar-refractivity contribution in [1.82, 2.24) is 4.90 Å². The van der Waals surface area contributed by atoms with Gasteiger partial charge in [0.1, 0.15) is 0 Å². The van der Waals surface area contributed by atoms with Crippen LogP contribution in [0.5, 0.6) is 17.2 Å². The zero-order chi connectivity index (χ0) is 18.1. The number of aliphatic hydroxyl groups excluding tert-OH is 1. The van der Waals surface area contributed by atoms with Crippen LogP contribution in [0.1, 0.15) is 29.2 Å². The van der Waals surface area contributed by atoms with Gasteiger partial charge in [0.05, 0.1) is 13.2 Å². The number of nitrogens with zero attached hydrogens (tertiary/aromatic N) is 1. The molecule has 4 rings (SSSR count). The number of methoxy groups -OCH3 is 1. The number of ether oxygens (including phenoxy) is 3. The zero-order valence-electron chi connectivity index (χ0n) is 15.3. The van der Waals surface area contributed by atoms with Crippen molar-refractivity contribution in [2.45, 2.75) is 31.4 Å². The molecule has 0 aliphatic carbocycles. The van der Waals surface area contributed by atoms with Gasteiger partial charge in [0.2, 0.25) is 12.5 Å². The lowest BCUT2D eigenvalue weighted by Crippen LogP contribution is -2.35. The first-order valence-corrected chi connectivity index (χ1v) is 9.09. The third kappa shape index (κ3) is 3.13. The number of fused-ring (bicyclic) bond motifs is 2. The fourth-order valence-electron chi connectivity index (χ4n) is 4.05. The van der Waals surface area contributed by atoms with E-state index in [2.05, 4.69) is 30.1 Å². The highest BCUT2D eigenvalue weighted by Crippen LogP contribution is 2.50. The largest absolute Gasteiger partial charge is 0.492 e. The van der Waals surface area contributed by atoms with Crippen molar-refractivity contribution in [3.8, 4) is 17.2 Å². The van der Waals surface area contributed by atoms with E-state index in [0.717, 1.165) is 35.6 Å². The second-order valence-corrected chi connectivity index (χ2v) is 7.04. The van der Waals surface area contributed by atoms with Crippen LogP contribution in [0.25, 0.3) is 0 Å². The second kappa shape index (κ2) is 7.17. The lowest BCUT2D eigenvalue weighted by Gasteiger charge is -2.37. The van der Waals surface area contributed by atoms with Gasteiger partial charge in [-0.3, -0.25) is 4.90 Å². The Bertz CT molecular complexity index is 777. The van der Waals surface area contributed by atoms with Gasteiger partial charge < -0.3 is 19.3 Å². The minimum atomic E-state index is -0.425. The first kappa shape index (κ1) is 17.2. The lowest BCUT2D eigenvalue weighted by molar-refractivity contribution is 0.107. The number of hydrogen-bond acceptors (Lipinski definition) is 5. The molecule has 0 saturated heterocycles. The molecule has 0 bridgehead atoms. The number of aliphatic hydroxyl groups is 1. The van der Waals surface area contributed by atoms with Gasteiger partial charge in [-0.15, -0.1) is 0 Å². The van der Waals surface area contributed by atoms with Gasteiger partial charge in [-0.05, 0) is 43.5 Å². The molecule has 0 spiro atoms. The smallest absolute Gasteiger partial charge is 0.231 e. The van der Waals surface area contributed by atoms with Crippen molar-refractivity contribution < 1.29 is 19.3 Å². The maximum absolute atomic E-state index is 10.7. The fourth-order valence-corrected chi connectivity index (χ4v) is 4.05. The highest BCUT2D eigenvalue weighted by Gasteiger charge is 2.34. The molecule has 26 heavy (non-hydrogen) atoms. The first-order valence-electron chi connectivity index (χ1n) is 9.09. The predicted octanol–water partition coefficient (Wildman–Crippen LogP) is 2.95. The Morgan fingerprint density at radius 1 is 1.27 bits per heavy atom. The summed E-state index contributed by atoms with van der Waals surface area (Å²) in [7, 11) is 3.77. The Kier molecular flexibility index (Phi) is 4.74. The van der Waals surface area contributed by atoms with E-state index in [1.807, 2.05) is 18.2 Å². The van der Waals surface area contributed by atoms with Crippen molar-refractivity contribution in [2.24, 2.45) is 0 Å². The molecule has 1 N–H and O–H groups in total. The second-order valence-electron chi connectivity index (χ2n) is 7.04. The van der Waals surface area contributed by atoms with Crippen molar-refractivity contribution in [3.05, 3.63) is 53.1 Å². The summed E-state index contributed by atoms with van der Waals surface area (Å²) in [6.07, 6.45) is 1.80. The van der Waals surface area contributed by atoms with Crippen LogP contribution in [0, 0.1) is 0 Å². The molecule has 0 aromatic heterocycles. The Morgan fingerprint density at radius 3 is 2.85 bits per heavy atom. The molecule has 5 heteroatoms. The van der Waals surface area contributed by atoms with Crippen molar-refractivity contribution in [1.29, 1.82) is 0 Å². The molecule has 5 nitrogen and oxygen atoms in total. The number of rotatable bonds is 5. The molecule has 2 aromatic carbocycles. The summed E-state index contributed by atoms with van der Waals surface area (Å²) in [6.45, 7) is 1.17. The maximum Gasteiger partial charge on any atom is 0.231 e. The summed E-state index contributed by atoms with van der Waals surface area (Å²) in [5, 5.41) is 10.7. The lowest BCUT2D eigenvalue weighted by atomic mass is 9.87. The van der Waals surface area contributed by atoms with Gasteiger partial charge in [0, 0.05) is 18.2 Å². The van der Waals surface area contributed by atoms with E-state index in [1.54, 1.807) is 7.11 Å². The van der Waals surface area contributed by atoms with E-state index in [0.29, 0.717) is 18.6 Å². The topological polar surface area (TPSA) is 51.2 Å². The average molecular weight is 355 g/mol. The van der Waals surface area contributed by atoms with Crippen molar-refractivity contribution in [2.75, 3.05) is 27.5 Å². The monoisotopic (exact) mass is 355 g/mol. The van der Waals surface area contributed by atoms with Gasteiger partial charge in [-0.1, -0.05) is 30.3 Å². The highest BCUT2D eigenvalue weighted by molar-refractivity contribution is 5.61. The van der Waals surface area contributed by atoms with Crippen LogP contribution in [0.15, 0.2) is 36.4 Å². The van der Waals surface area contributed by atoms with E-state index in [9.17, 15) is 5.11 Å². The van der Waals surface area contributed by atoms with Crippen molar-refractivity contribution in [3.63, 3.8) is 0 Å². The average Bonchev–Trinajstić information content (AvgIpc) is 3.11. The number of hydrogen-bond donors (Lipinski definition) is 1. The van der Waals surface area contributed by atoms with Crippen LogP contribution < -0.4 is 14.2 Å². The van der Waals surface area contributed by atoms with Crippen LogP contribution in [0.4, 0.5) is 0 Å². The molecule has 0 fully saturated rings. The molecular formula is C21H25NO4. The molecule has 2 aliphatic heterocycles. The van der Waals surface area contributed by atoms with Gasteiger partial charge in [0.15, 0.2) is 11.5 Å². The van der Waals surface area contributed by atoms with Crippen LogP contribution >= 0.6 is 0 Å². The van der Waals surface area contributed by atoms with Crippen LogP contribution in [0.2, 0.25) is 0 Å². The normalized spacial score (nSPS) is 19.9. The van der Waals surface area contributed by atoms with E-state index in [-0.39, 0.29) is 12.8 Å². The molecule has 138 valence electrons.